The predicted octanol–water partition coefficient (Wildman–Crippen LogP) is 5.10. The first-order valence-electron chi connectivity index (χ1n) is 7.54. The molecule has 0 aliphatic heterocycles. The lowest BCUT2D eigenvalue weighted by Crippen LogP contribution is -1.99. The monoisotopic (exact) mass is 321 g/mol. The second-order valence-corrected chi connectivity index (χ2v) is 6.12. The largest absolute Gasteiger partial charge is 0.329 e. The standard InChI is InChI=1S/C19H19N3S/c1-13-4-8-16(9-5-13)15(3)21-22-12-18(20-19(22)23)17-10-6-14(2)7-11-17/h4-12H,1-3H3,(H,20,23)/b21-15+. The minimum Gasteiger partial charge on any atom is -0.329 e. The summed E-state index contributed by atoms with van der Waals surface area (Å²) in [5.74, 6) is 0. The molecule has 23 heavy (non-hydrogen) atoms. The van der Waals surface area contributed by atoms with Gasteiger partial charge in [0.05, 0.1) is 17.6 Å². The van der Waals surface area contributed by atoms with Crippen LogP contribution in [-0.4, -0.2) is 15.4 Å². The molecule has 1 heterocycles. The van der Waals surface area contributed by atoms with Crippen LogP contribution < -0.4 is 0 Å². The third-order valence-electron chi connectivity index (χ3n) is 3.79. The third kappa shape index (κ3) is 3.48. The van der Waals surface area contributed by atoms with E-state index in [4.69, 9.17) is 12.2 Å². The molecule has 1 N–H and O–H groups in total. The fourth-order valence-electron chi connectivity index (χ4n) is 2.35. The highest BCUT2D eigenvalue weighted by atomic mass is 32.1. The number of rotatable bonds is 3. The van der Waals surface area contributed by atoms with Gasteiger partial charge >= 0.3 is 0 Å². The number of hydrogen-bond acceptors (Lipinski definition) is 2. The van der Waals surface area contributed by atoms with E-state index in [2.05, 4.69) is 72.5 Å². The lowest BCUT2D eigenvalue weighted by atomic mass is 10.1. The molecule has 0 aliphatic rings. The van der Waals surface area contributed by atoms with E-state index in [0.717, 1.165) is 22.5 Å². The maximum Gasteiger partial charge on any atom is 0.198 e. The zero-order valence-corrected chi connectivity index (χ0v) is 14.3. The van der Waals surface area contributed by atoms with Gasteiger partial charge in [-0.1, -0.05) is 59.7 Å². The Bertz CT molecular complexity index is 897. The van der Waals surface area contributed by atoms with Gasteiger partial charge in [0.15, 0.2) is 4.77 Å². The SMILES string of the molecule is C/C(=N\n1cc(-c2ccc(C)cc2)[nH]c1=S)c1ccc(C)cc1. The van der Waals surface area contributed by atoms with E-state index in [1.54, 1.807) is 4.68 Å². The van der Waals surface area contributed by atoms with Crippen LogP contribution in [0.1, 0.15) is 23.6 Å². The molecule has 3 rings (SSSR count). The average molecular weight is 321 g/mol. The van der Waals surface area contributed by atoms with Crippen molar-refractivity contribution in [2.75, 3.05) is 0 Å². The van der Waals surface area contributed by atoms with E-state index >= 15 is 0 Å². The number of imidazole rings is 1. The van der Waals surface area contributed by atoms with E-state index < -0.39 is 0 Å². The van der Waals surface area contributed by atoms with E-state index in [1.807, 2.05) is 13.1 Å². The van der Waals surface area contributed by atoms with Gasteiger partial charge in [0, 0.05) is 0 Å². The molecule has 0 atom stereocenters. The van der Waals surface area contributed by atoms with Crippen molar-refractivity contribution in [3.63, 3.8) is 0 Å². The lowest BCUT2D eigenvalue weighted by Gasteiger charge is -2.01. The number of nitrogens with one attached hydrogen (secondary N) is 1. The molecule has 0 unspecified atom stereocenters. The summed E-state index contributed by atoms with van der Waals surface area (Å²) in [6.45, 7) is 6.14. The van der Waals surface area contributed by atoms with Crippen molar-refractivity contribution in [2.24, 2.45) is 5.10 Å². The second-order valence-electron chi connectivity index (χ2n) is 5.73. The van der Waals surface area contributed by atoms with Crippen molar-refractivity contribution in [1.82, 2.24) is 9.66 Å². The molecular weight excluding hydrogens is 302 g/mol. The van der Waals surface area contributed by atoms with Crippen molar-refractivity contribution < 1.29 is 0 Å². The van der Waals surface area contributed by atoms with Crippen molar-refractivity contribution in [1.29, 1.82) is 0 Å². The highest BCUT2D eigenvalue weighted by Crippen LogP contribution is 2.18. The fraction of sp³-hybridized carbons (Fsp3) is 0.158. The third-order valence-corrected chi connectivity index (χ3v) is 4.08. The summed E-state index contributed by atoms with van der Waals surface area (Å²) in [5, 5.41) is 4.62. The molecule has 116 valence electrons. The maximum absolute atomic E-state index is 5.39. The molecule has 0 amide bonds. The van der Waals surface area contributed by atoms with Crippen LogP contribution in [0.2, 0.25) is 0 Å². The first-order chi connectivity index (χ1) is 11.0. The molecule has 0 radical (unpaired) electrons. The van der Waals surface area contributed by atoms with Crippen LogP contribution in [0.5, 0.6) is 0 Å². The van der Waals surface area contributed by atoms with E-state index in [9.17, 15) is 0 Å². The molecule has 0 fully saturated rings. The van der Waals surface area contributed by atoms with Gasteiger partial charge < -0.3 is 4.98 Å². The van der Waals surface area contributed by atoms with Crippen molar-refractivity contribution >= 4 is 17.9 Å². The number of aromatic amines is 1. The smallest absolute Gasteiger partial charge is 0.198 e. The first kappa shape index (κ1) is 15.4. The van der Waals surface area contributed by atoms with Gasteiger partial charge in [-0.15, -0.1) is 0 Å². The second kappa shape index (κ2) is 6.34. The molecule has 2 aromatic carbocycles. The molecule has 1 aromatic heterocycles. The molecule has 0 saturated heterocycles. The number of aryl methyl sites for hydroxylation is 2. The summed E-state index contributed by atoms with van der Waals surface area (Å²) in [4.78, 5) is 3.22. The summed E-state index contributed by atoms with van der Waals surface area (Å²) in [6, 6.07) is 16.7. The van der Waals surface area contributed by atoms with Crippen LogP contribution in [-0.2, 0) is 0 Å². The zero-order chi connectivity index (χ0) is 16.4. The topological polar surface area (TPSA) is 33.1 Å². The van der Waals surface area contributed by atoms with E-state index in [1.165, 1.54) is 11.1 Å². The van der Waals surface area contributed by atoms with Crippen molar-refractivity contribution in [3.8, 4) is 11.3 Å². The fourth-order valence-corrected chi connectivity index (χ4v) is 2.56. The highest BCUT2D eigenvalue weighted by Gasteiger charge is 2.04. The predicted molar refractivity (Wildman–Crippen MR) is 98.6 cm³/mol. The summed E-state index contributed by atoms with van der Waals surface area (Å²) < 4.78 is 2.31. The average Bonchev–Trinajstić information content (AvgIpc) is 2.89. The Balaban J connectivity index is 1.94. The number of benzene rings is 2. The van der Waals surface area contributed by atoms with Gasteiger partial charge in [-0.2, -0.15) is 5.10 Å². The van der Waals surface area contributed by atoms with Crippen LogP contribution in [0.25, 0.3) is 11.3 Å². The number of hydrogen-bond donors (Lipinski definition) is 1. The minimum atomic E-state index is 0.590. The normalized spacial score (nSPS) is 11.7. The van der Waals surface area contributed by atoms with E-state index in [-0.39, 0.29) is 0 Å². The Kier molecular flexibility index (Phi) is 4.26. The summed E-state index contributed by atoms with van der Waals surface area (Å²) in [5.41, 5.74) is 6.56. The van der Waals surface area contributed by atoms with Crippen molar-refractivity contribution in [2.45, 2.75) is 20.8 Å². The van der Waals surface area contributed by atoms with Crippen LogP contribution in [0.4, 0.5) is 0 Å². The van der Waals surface area contributed by atoms with Gasteiger partial charge in [0.2, 0.25) is 0 Å². The van der Waals surface area contributed by atoms with Gasteiger partial charge in [0.1, 0.15) is 0 Å². The Labute approximate surface area is 141 Å². The Morgan fingerprint density at radius 1 is 0.957 bits per heavy atom. The number of H-pyrrole nitrogens is 1. The molecule has 0 bridgehead atoms. The summed E-state index contributed by atoms with van der Waals surface area (Å²) in [7, 11) is 0. The molecular formula is C19H19N3S. The minimum absolute atomic E-state index is 0.590. The van der Waals surface area contributed by atoms with Crippen LogP contribution >= 0.6 is 12.2 Å². The lowest BCUT2D eigenvalue weighted by molar-refractivity contribution is 0.857. The Hall–Kier alpha value is -2.46. The Morgan fingerprint density at radius 2 is 1.52 bits per heavy atom. The molecule has 0 spiro atoms. The molecule has 3 nitrogen and oxygen atoms in total. The molecule has 3 aromatic rings. The van der Waals surface area contributed by atoms with Gasteiger partial charge in [-0.25, -0.2) is 4.68 Å². The summed E-state index contributed by atoms with van der Waals surface area (Å²) in [6.07, 6.45) is 1.94. The van der Waals surface area contributed by atoms with Gasteiger partial charge in [-0.3, -0.25) is 0 Å². The molecule has 0 saturated carbocycles. The van der Waals surface area contributed by atoms with Crippen LogP contribution in [0.15, 0.2) is 59.8 Å². The van der Waals surface area contributed by atoms with Crippen LogP contribution in [0, 0.1) is 18.6 Å². The molecule has 4 heteroatoms. The first-order valence-corrected chi connectivity index (χ1v) is 7.95. The van der Waals surface area contributed by atoms with Crippen molar-refractivity contribution in [3.05, 3.63) is 76.2 Å². The van der Waals surface area contributed by atoms with Crippen LogP contribution in [0.3, 0.4) is 0 Å². The maximum atomic E-state index is 5.39. The molecule has 0 aliphatic carbocycles. The Morgan fingerprint density at radius 3 is 2.13 bits per heavy atom. The zero-order valence-electron chi connectivity index (χ0n) is 13.5. The van der Waals surface area contributed by atoms with Gasteiger partial charge in [0.25, 0.3) is 0 Å². The summed E-state index contributed by atoms with van der Waals surface area (Å²) >= 11 is 5.39. The van der Waals surface area contributed by atoms with E-state index in [0.29, 0.717) is 4.77 Å². The number of nitrogens with zero attached hydrogens (tertiary/aromatic N) is 2. The number of aromatic nitrogens is 2. The highest BCUT2D eigenvalue weighted by molar-refractivity contribution is 7.71. The van der Waals surface area contributed by atoms with Gasteiger partial charge in [-0.05, 0) is 44.1 Å². The quantitative estimate of drug-likeness (QED) is 0.528.